The van der Waals surface area contributed by atoms with Gasteiger partial charge in [-0.1, -0.05) is 84.9 Å². The molecule has 3 amide bonds. The zero-order valence-electron chi connectivity index (χ0n) is 27.5. The molecule has 4 N–H and O–H groups in total. The Morgan fingerprint density at radius 2 is 1.24 bits per heavy atom. The van der Waals surface area contributed by atoms with Crippen LogP contribution in [0.5, 0.6) is 0 Å². The van der Waals surface area contributed by atoms with E-state index in [1.807, 2.05) is 0 Å². The van der Waals surface area contributed by atoms with Crippen LogP contribution in [0, 0.1) is 19.8 Å². The molecule has 0 radical (unpaired) electrons. The number of para-hydroxylation sites is 1. The van der Waals surface area contributed by atoms with E-state index in [0.717, 1.165) is 6.07 Å². The van der Waals surface area contributed by atoms with Gasteiger partial charge in [-0.15, -0.1) is 11.6 Å². The van der Waals surface area contributed by atoms with Crippen LogP contribution in [0.15, 0.2) is 103 Å². The van der Waals surface area contributed by atoms with Gasteiger partial charge in [-0.25, -0.2) is 0 Å². The molecule has 0 spiro atoms. The maximum absolute atomic E-state index is 14.8. The van der Waals surface area contributed by atoms with Gasteiger partial charge < -0.3 is 16.0 Å². The number of nitrogens with one attached hydrogen (secondary N) is 2. The predicted octanol–water partition coefficient (Wildman–Crippen LogP) is 6.64. The minimum absolute atomic E-state index is 0.106. The molecule has 0 aliphatic carbocycles. The Labute approximate surface area is 293 Å². The number of carbonyl (C=O) groups is 3. The number of hydrogen-bond donors (Lipinski definition) is 3. The van der Waals surface area contributed by atoms with Crippen LogP contribution in [0.25, 0.3) is 0 Å². The second-order valence-electron chi connectivity index (χ2n) is 11.9. The van der Waals surface area contributed by atoms with Gasteiger partial charge in [-0.3, -0.25) is 19.1 Å². The summed E-state index contributed by atoms with van der Waals surface area (Å²) >= 11 is 7.13. The first-order valence-electron chi connectivity index (χ1n) is 15.4. The number of nitrogens with two attached hydrogens (primary N) is 1. The van der Waals surface area contributed by atoms with Crippen molar-refractivity contribution in [1.82, 2.24) is 0 Å². The highest BCUT2D eigenvalue weighted by atomic mass is 35.5. The number of sulfonamides is 1. The summed E-state index contributed by atoms with van der Waals surface area (Å²) in [7, 11) is -5.82. The number of anilines is 3. The van der Waals surface area contributed by atoms with Gasteiger partial charge in [0.15, 0.2) is 0 Å². The minimum Gasteiger partial charge on any atom is -0.369 e. The molecule has 0 aliphatic rings. The van der Waals surface area contributed by atoms with Gasteiger partial charge in [0.25, 0.3) is 0 Å². The van der Waals surface area contributed by atoms with E-state index in [9.17, 15) is 36.0 Å². The number of carbonyl (C=O) groups excluding carboxylic acids is 3. The quantitative estimate of drug-likeness (QED) is 0.141. The fourth-order valence-electron chi connectivity index (χ4n) is 5.97. The van der Waals surface area contributed by atoms with Crippen LogP contribution in [0.2, 0.25) is 0 Å². The van der Waals surface area contributed by atoms with Crippen LogP contribution in [-0.2, 0) is 29.8 Å². The van der Waals surface area contributed by atoms with Crippen molar-refractivity contribution < 1.29 is 36.0 Å². The van der Waals surface area contributed by atoms with Crippen molar-refractivity contribution in [3.8, 4) is 0 Å². The molecule has 2 atom stereocenters. The monoisotopic (exact) mass is 728 g/mol. The molecule has 2 unspecified atom stereocenters. The van der Waals surface area contributed by atoms with Crippen molar-refractivity contribution in [2.24, 2.45) is 11.7 Å². The fraction of sp³-hybridized carbons (Fsp3) is 0.250. The Hall–Kier alpha value is -4.88. The van der Waals surface area contributed by atoms with Crippen molar-refractivity contribution >= 4 is 56.4 Å². The molecule has 0 aromatic heterocycles. The Bertz CT molecular complexity index is 1920. The number of alkyl halides is 4. The molecule has 0 saturated heterocycles. The lowest BCUT2D eigenvalue weighted by Gasteiger charge is -2.41. The lowest BCUT2D eigenvalue weighted by Crippen LogP contribution is -2.59. The van der Waals surface area contributed by atoms with Gasteiger partial charge in [0, 0.05) is 17.4 Å². The third kappa shape index (κ3) is 7.48. The van der Waals surface area contributed by atoms with Crippen LogP contribution in [0.4, 0.5) is 30.2 Å². The van der Waals surface area contributed by atoms with Crippen LogP contribution in [0.1, 0.15) is 36.1 Å². The number of benzene rings is 4. The first kappa shape index (κ1) is 37.9. The summed E-state index contributed by atoms with van der Waals surface area (Å²) in [6, 6.07) is 26.7. The number of primary amides is 1. The van der Waals surface area contributed by atoms with Gasteiger partial charge in [0.1, 0.15) is 10.8 Å². The van der Waals surface area contributed by atoms with Crippen LogP contribution >= 0.6 is 11.6 Å². The molecule has 4 aromatic rings. The standard InChI is InChI=1S/C36H36ClF3N4O5S/c1-22(2)44(27-18-12-7-13-19-27)33(46)31(37)30(35(34(41)47,25-14-8-5-9-15-25)26-16-10-6-11-17-26)32(45)42-28-21-29(24(4)20-23(28)3)43-50(48,49)36(38,39)40/h5-22,30-31,43H,1-4H3,(H2,41,47)(H,42,45). The van der Waals surface area contributed by atoms with E-state index in [4.69, 9.17) is 17.3 Å². The highest BCUT2D eigenvalue weighted by Crippen LogP contribution is 2.44. The smallest absolute Gasteiger partial charge is 0.369 e. The van der Waals surface area contributed by atoms with E-state index in [0.29, 0.717) is 11.3 Å². The van der Waals surface area contributed by atoms with Crippen molar-refractivity contribution in [1.29, 1.82) is 0 Å². The summed E-state index contributed by atoms with van der Waals surface area (Å²) in [4.78, 5) is 44.7. The van der Waals surface area contributed by atoms with Gasteiger partial charge in [0.2, 0.25) is 17.7 Å². The molecule has 0 bridgehead atoms. The summed E-state index contributed by atoms with van der Waals surface area (Å²) in [6.07, 6.45) is 0. The molecule has 0 aliphatic heterocycles. The van der Waals surface area contributed by atoms with E-state index in [-0.39, 0.29) is 22.4 Å². The Morgan fingerprint density at radius 3 is 1.68 bits per heavy atom. The summed E-state index contributed by atoms with van der Waals surface area (Å²) in [5, 5.41) is 0.863. The maximum Gasteiger partial charge on any atom is 0.516 e. The molecule has 9 nitrogen and oxygen atoms in total. The molecular weight excluding hydrogens is 693 g/mol. The number of amides is 3. The summed E-state index contributed by atoms with van der Waals surface area (Å²) in [5.74, 6) is -4.51. The fourth-order valence-corrected chi connectivity index (χ4v) is 7.00. The maximum atomic E-state index is 14.8. The lowest BCUT2D eigenvalue weighted by atomic mass is 9.63. The van der Waals surface area contributed by atoms with E-state index in [1.165, 1.54) is 29.5 Å². The third-order valence-corrected chi connectivity index (χ3v) is 9.83. The second-order valence-corrected chi connectivity index (χ2v) is 14.1. The van der Waals surface area contributed by atoms with Gasteiger partial charge in [-0.05, 0) is 68.1 Å². The van der Waals surface area contributed by atoms with Gasteiger partial charge in [0.05, 0.1) is 11.6 Å². The van der Waals surface area contributed by atoms with Gasteiger partial charge in [-0.2, -0.15) is 21.6 Å². The summed E-state index contributed by atoms with van der Waals surface area (Å²) in [6.45, 7) is 6.42. The van der Waals surface area contributed by atoms with E-state index in [1.54, 1.807) is 105 Å². The van der Waals surface area contributed by atoms with Crippen molar-refractivity contribution in [2.45, 2.75) is 50.0 Å². The Morgan fingerprint density at radius 1 is 0.780 bits per heavy atom. The molecule has 50 heavy (non-hydrogen) atoms. The summed E-state index contributed by atoms with van der Waals surface area (Å²) in [5.41, 5.74) is -0.583. The average molecular weight is 729 g/mol. The van der Waals surface area contributed by atoms with E-state index < -0.39 is 61.7 Å². The van der Waals surface area contributed by atoms with Crippen molar-refractivity contribution in [3.05, 3.63) is 125 Å². The molecule has 264 valence electrons. The number of nitrogens with zero attached hydrogens (tertiary/aromatic N) is 1. The first-order valence-corrected chi connectivity index (χ1v) is 17.3. The molecule has 14 heteroatoms. The highest BCUT2D eigenvalue weighted by molar-refractivity contribution is 7.93. The minimum atomic E-state index is -5.82. The lowest BCUT2D eigenvalue weighted by molar-refractivity contribution is -0.133. The van der Waals surface area contributed by atoms with Crippen molar-refractivity contribution in [3.63, 3.8) is 0 Å². The van der Waals surface area contributed by atoms with Crippen LogP contribution in [0.3, 0.4) is 0 Å². The molecular formula is C36H36ClF3N4O5S. The van der Waals surface area contributed by atoms with Crippen LogP contribution < -0.4 is 20.7 Å². The molecule has 0 saturated carbocycles. The third-order valence-electron chi connectivity index (χ3n) is 8.29. The SMILES string of the molecule is Cc1cc(C)c(NS(=O)(=O)C(F)(F)F)cc1NC(=O)C(C(Cl)C(=O)N(c1ccccc1)C(C)C)C(C(N)=O)(c1ccccc1)c1ccccc1. The normalized spacial score (nSPS) is 13.3. The number of hydrogen-bond acceptors (Lipinski definition) is 5. The molecule has 4 aromatic carbocycles. The molecule has 0 fully saturated rings. The van der Waals surface area contributed by atoms with E-state index >= 15 is 0 Å². The van der Waals surface area contributed by atoms with Crippen molar-refractivity contribution in [2.75, 3.05) is 14.9 Å². The number of halogens is 4. The molecule has 4 rings (SSSR count). The topological polar surface area (TPSA) is 139 Å². The average Bonchev–Trinajstić information content (AvgIpc) is 3.05. The predicted molar refractivity (Wildman–Crippen MR) is 188 cm³/mol. The van der Waals surface area contributed by atoms with E-state index in [2.05, 4.69) is 5.32 Å². The molecule has 0 heterocycles. The Kier molecular flexibility index (Phi) is 11.3. The zero-order valence-corrected chi connectivity index (χ0v) is 29.1. The second kappa shape index (κ2) is 14.9. The Balaban J connectivity index is 1.97. The highest BCUT2D eigenvalue weighted by Gasteiger charge is 2.56. The summed E-state index contributed by atoms with van der Waals surface area (Å²) < 4.78 is 65.3. The first-order chi connectivity index (χ1) is 23.4. The zero-order chi connectivity index (χ0) is 37.0. The largest absolute Gasteiger partial charge is 0.516 e. The van der Waals surface area contributed by atoms with Gasteiger partial charge >= 0.3 is 15.5 Å². The van der Waals surface area contributed by atoms with Crippen LogP contribution in [-0.4, -0.2) is 43.1 Å². The number of rotatable bonds is 12. The number of aryl methyl sites for hydroxylation is 2.